The van der Waals surface area contributed by atoms with E-state index in [9.17, 15) is 9.59 Å². The van der Waals surface area contributed by atoms with Gasteiger partial charge >= 0.3 is 0 Å². The van der Waals surface area contributed by atoms with Gasteiger partial charge in [-0.15, -0.1) is 0 Å². The smallest absolute Gasteiger partial charge is 0.262 e. The van der Waals surface area contributed by atoms with Gasteiger partial charge < -0.3 is 9.88 Å². The summed E-state index contributed by atoms with van der Waals surface area (Å²) in [6.07, 6.45) is 5.67. The lowest BCUT2D eigenvalue weighted by Gasteiger charge is -2.11. The molecule has 4 aromatic heterocycles. The largest absolute Gasteiger partial charge is 0.332 e. The molecule has 1 N–H and O–H groups in total. The van der Waals surface area contributed by atoms with Crippen molar-refractivity contribution in [2.24, 2.45) is 0 Å². The van der Waals surface area contributed by atoms with Crippen molar-refractivity contribution in [3.63, 3.8) is 0 Å². The molecule has 4 heterocycles. The second-order valence-corrected chi connectivity index (χ2v) is 6.04. The van der Waals surface area contributed by atoms with Gasteiger partial charge in [-0.1, -0.05) is 0 Å². The molecule has 0 spiro atoms. The van der Waals surface area contributed by atoms with Crippen molar-refractivity contribution in [1.82, 2.24) is 34.3 Å². The van der Waals surface area contributed by atoms with Gasteiger partial charge in [0.1, 0.15) is 36.0 Å². The number of aryl methyl sites for hydroxylation is 2. The normalized spacial score (nSPS) is 10.9. The van der Waals surface area contributed by atoms with Crippen molar-refractivity contribution < 1.29 is 4.79 Å². The Morgan fingerprint density at radius 2 is 2.07 bits per heavy atom. The number of hydrogen-bond acceptors (Lipinski definition) is 7. The summed E-state index contributed by atoms with van der Waals surface area (Å²) >= 11 is 0. The molecule has 4 aromatic rings. The lowest BCUT2D eigenvalue weighted by Crippen LogP contribution is -2.24. The highest BCUT2D eigenvalue weighted by Gasteiger charge is 2.17. The molecule has 0 aliphatic carbocycles. The maximum absolute atomic E-state index is 12.8. The predicted molar refractivity (Wildman–Crippen MR) is 101 cm³/mol. The number of amides is 1. The minimum atomic E-state index is -0.557. The highest BCUT2D eigenvalue weighted by atomic mass is 16.2. The third kappa shape index (κ3) is 3.11. The van der Waals surface area contributed by atoms with Gasteiger partial charge in [-0.3, -0.25) is 9.59 Å². The second-order valence-electron chi connectivity index (χ2n) is 6.04. The average Bonchev–Trinajstić information content (AvgIpc) is 3.23. The molecule has 0 saturated carbocycles. The topological polar surface area (TPSA) is 120 Å². The van der Waals surface area contributed by atoms with Gasteiger partial charge in [0.05, 0.1) is 5.39 Å². The lowest BCUT2D eigenvalue weighted by atomic mass is 10.1. The first-order valence-electron chi connectivity index (χ1n) is 8.56. The standard InChI is InChI=1S/C18H16N8O2/c1-3-25-7-13(16(27)12-5-4-11(2)23-17(12)25)18(28)24-14-6-15(21-9-20-14)26-10-19-8-22-26/h4-10H,3H2,1-2H3,(H,20,21,24,28). The Hall–Kier alpha value is -3.95. The van der Waals surface area contributed by atoms with Gasteiger partial charge in [-0.2, -0.15) is 5.10 Å². The Balaban J connectivity index is 1.72. The number of hydrogen-bond donors (Lipinski definition) is 1. The summed E-state index contributed by atoms with van der Waals surface area (Å²) in [4.78, 5) is 42.0. The number of fused-ring (bicyclic) bond motifs is 1. The van der Waals surface area contributed by atoms with Crippen LogP contribution in [0.2, 0.25) is 0 Å². The summed E-state index contributed by atoms with van der Waals surface area (Å²) in [6.45, 7) is 4.34. The van der Waals surface area contributed by atoms with Gasteiger partial charge in [0, 0.05) is 24.5 Å². The highest BCUT2D eigenvalue weighted by molar-refractivity contribution is 6.05. The molecule has 0 radical (unpaired) electrons. The van der Waals surface area contributed by atoms with Crippen LogP contribution >= 0.6 is 0 Å². The van der Waals surface area contributed by atoms with Crippen molar-refractivity contribution in [3.05, 3.63) is 64.9 Å². The van der Waals surface area contributed by atoms with Crippen molar-refractivity contribution in [2.45, 2.75) is 20.4 Å². The van der Waals surface area contributed by atoms with Crippen LogP contribution < -0.4 is 10.7 Å². The summed E-state index contributed by atoms with van der Waals surface area (Å²) < 4.78 is 3.21. The van der Waals surface area contributed by atoms with Gasteiger partial charge in [0.25, 0.3) is 5.91 Å². The van der Waals surface area contributed by atoms with Crippen molar-refractivity contribution in [1.29, 1.82) is 0 Å². The molecule has 1 amide bonds. The molecule has 140 valence electrons. The fourth-order valence-corrected chi connectivity index (χ4v) is 2.81. The third-order valence-electron chi connectivity index (χ3n) is 4.19. The number of pyridine rings is 2. The quantitative estimate of drug-likeness (QED) is 0.571. The first-order chi connectivity index (χ1) is 13.6. The van der Waals surface area contributed by atoms with E-state index in [1.54, 1.807) is 16.7 Å². The summed E-state index contributed by atoms with van der Waals surface area (Å²) in [6, 6.07) is 4.98. The number of aromatic nitrogens is 7. The molecule has 0 bridgehead atoms. The SMILES string of the molecule is CCn1cc(C(=O)Nc2cc(-n3cncn3)ncn2)c(=O)c2ccc(C)nc21. The second kappa shape index (κ2) is 6.99. The fraction of sp³-hybridized carbons (Fsp3) is 0.167. The van der Waals surface area contributed by atoms with Crippen LogP contribution in [0.5, 0.6) is 0 Å². The monoisotopic (exact) mass is 376 g/mol. The molecule has 0 saturated heterocycles. The van der Waals surface area contributed by atoms with E-state index >= 15 is 0 Å². The highest BCUT2D eigenvalue weighted by Crippen LogP contribution is 2.13. The van der Waals surface area contributed by atoms with Crippen LogP contribution in [0, 0.1) is 6.92 Å². The van der Waals surface area contributed by atoms with Crippen molar-refractivity contribution in [2.75, 3.05) is 5.32 Å². The van der Waals surface area contributed by atoms with Crippen LogP contribution in [0.4, 0.5) is 5.82 Å². The zero-order chi connectivity index (χ0) is 19.7. The van der Waals surface area contributed by atoms with E-state index in [2.05, 4.69) is 30.4 Å². The summed E-state index contributed by atoms with van der Waals surface area (Å²) in [5.74, 6) is 0.125. The Morgan fingerprint density at radius 1 is 1.21 bits per heavy atom. The summed E-state index contributed by atoms with van der Waals surface area (Å²) in [5, 5.41) is 7.02. The molecule has 4 rings (SSSR count). The van der Waals surface area contributed by atoms with Crippen LogP contribution in [0.15, 0.2) is 48.2 Å². The van der Waals surface area contributed by atoms with E-state index < -0.39 is 5.91 Å². The number of carbonyl (C=O) groups excluding carboxylic acids is 1. The Kier molecular flexibility index (Phi) is 4.36. The molecule has 0 aliphatic rings. The molecular weight excluding hydrogens is 360 g/mol. The lowest BCUT2D eigenvalue weighted by molar-refractivity contribution is 0.102. The van der Waals surface area contributed by atoms with Crippen LogP contribution in [0.3, 0.4) is 0 Å². The van der Waals surface area contributed by atoms with Crippen LogP contribution in [-0.4, -0.2) is 40.2 Å². The number of nitrogens with one attached hydrogen (secondary N) is 1. The van der Waals surface area contributed by atoms with Crippen molar-refractivity contribution >= 4 is 22.8 Å². The minimum absolute atomic E-state index is 0.0147. The van der Waals surface area contributed by atoms with E-state index in [0.29, 0.717) is 23.4 Å². The zero-order valence-electron chi connectivity index (χ0n) is 15.2. The van der Waals surface area contributed by atoms with Crippen LogP contribution in [0.25, 0.3) is 16.9 Å². The molecule has 0 aliphatic heterocycles. The molecule has 0 unspecified atom stereocenters. The predicted octanol–water partition coefficient (Wildman–Crippen LogP) is 1.35. The molecule has 28 heavy (non-hydrogen) atoms. The van der Waals surface area contributed by atoms with Crippen LogP contribution in [0.1, 0.15) is 23.0 Å². The van der Waals surface area contributed by atoms with Gasteiger partial charge in [0.2, 0.25) is 5.43 Å². The molecule has 0 fully saturated rings. The van der Waals surface area contributed by atoms with Crippen molar-refractivity contribution in [3.8, 4) is 5.82 Å². The van der Waals surface area contributed by atoms with E-state index in [4.69, 9.17) is 0 Å². The summed E-state index contributed by atoms with van der Waals surface area (Å²) in [7, 11) is 0. The zero-order valence-corrected chi connectivity index (χ0v) is 15.2. The minimum Gasteiger partial charge on any atom is -0.332 e. The maximum atomic E-state index is 12.8. The molecule has 0 atom stereocenters. The molecular formula is C18H16N8O2. The fourth-order valence-electron chi connectivity index (χ4n) is 2.81. The van der Waals surface area contributed by atoms with E-state index in [0.717, 1.165) is 5.69 Å². The molecule has 10 nitrogen and oxygen atoms in total. The number of carbonyl (C=O) groups is 1. The van der Waals surface area contributed by atoms with E-state index in [1.807, 2.05) is 13.8 Å². The van der Waals surface area contributed by atoms with Crippen LogP contribution in [-0.2, 0) is 6.54 Å². The van der Waals surface area contributed by atoms with E-state index in [-0.39, 0.29) is 16.8 Å². The molecule has 10 heteroatoms. The Bertz CT molecular complexity index is 1230. The van der Waals surface area contributed by atoms with Gasteiger partial charge in [-0.05, 0) is 26.0 Å². The average molecular weight is 376 g/mol. The first kappa shape index (κ1) is 17.5. The van der Waals surface area contributed by atoms with Gasteiger partial charge in [0.15, 0.2) is 5.82 Å². The summed E-state index contributed by atoms with van der Waals surface area (Å²) in [5.41, 5.74) is 0.989. The number of rotatable bonds is 4. The molecule has 0 aromatic carbocycles. The third-order valence-corrected chi connectivity index (χ3v) is 4.19. The Labute approximate surface area is 158 Å². The first-order valence-corrected chi connectivity index (χ1v) is 8.56. The maximum Gasteiger partial charge on any atom is 0.262 e. The van der Waals surface area contributed by atoms with E-state index in [1.165, 1.54) is 35.9 Å². The Morgan fingerprint density at radius 3 is 2.82 bits per heavy atom. The number of anilines is 1. The van der Waals surface area contributed by atoms with Gasteiger partial charge in [-0.25, -0.2) is 24.6 Å². The number of nitrogens with zero attached hydrogens (tertiary/aromatic N) is 7.